The molecule has 31 heavy (non-hydrogen) atoms. The minimum absolute atomic E-state index is 0.145. The van der Waals surface area contributed by atoms with Crippen LogP contribution in [-0.2, 0) is 4.74 Å². The molecule has 4 rings (SSSR count). The van der Waals surface area contributed by atoms with Gasteiger partial charge < -0.3 is 20.7 Å². The summed E-state index contributed by atoms with van der Waals surface area (Å²) in [6.07, 6.45) is 1.50. The average Bonchev–Trinajstić information content (AvgIpc) is 2.63. The molecule has 0 bridgehead atoms. The van der Waals surface area contributed by atoms with Gasteiger partial charge in [0.2, 0.25) is 0 Å². The van der Waals surface area contributed by atoms with E-state index in [0.717, 1.165) is 33.2 Å². The first-order chi connectivity index (χ1) is 14.6. The predicted molar refractivity (Wildman–Crippen MR) is 127 cm³/mol. The summed E-state index contributed by atoms with van der Waals surface area (Å²) in [6.45, 7) is 8.83. The van der Waals surface area contributed by atoms with Crippen molar-refractivity contribution in [3.8, 4) is 11.1 Å². The van der Waals surface area contributed by atoms with Gasteiger partial charge in [-0.1, -0.05) is 23.7 Å². The van der Waals surface area contributed by atoms with Crippen LogP contribution in [0.1, 0.15) is 26.3 Å². The van der Waals surface area contributed by atoms with Crippen LogP contribution >= 0.6 is 11.6 Å². The Balaban J connectivity index is 1.62. The maximum absolute atomic E-state index is 12.2. The molecule has 1 fully saturated rings. The normalized spacial score (nSPS) is 14.4. The highest BCUT2D eigenvalue weighted by molar-refractivity contribution is 6.34. The largest absolute Gasteiger partial charge is 0.444 e. The van der Waals surface area contributed by atoms with Gasteiger partial charge >= 0.3 is 6.09 Å². The summed E-state index contributed by atoms with van der Waals surface area (Å²) in [5.41, 5.74) is 9.49. The minimum Gasteiger partial charge on any atom is -0.444 e. The summed E-state index contributed by atoms with van der Waals surface area (Å²) in [6, 6.07) is 12.0. The van der Waals surface area contributed by atoms with Gasteiger partial charge in [0, 0.05) is 40.9 Å². The number of amides is 1. The smallest absolute Gasteiger partial charge is 0.410 e. The number of carbonyl (C=O) groups is 1. The molecule has 162 valence electrons. The fraction of sp³-hybridized carbons (Fsp3) is 0.333. The van der Waals surface area contributed by atoms with Crippen molar-refractivity contribution in [3.63, 3.8) is 0 Å². The van der Waals surface area contributed by atoms with Crippen molar-refractivity contribution >= 4 is 40.0 Å². The van der Waals surface area contributed by atoms with E-state index in [0.29, 0.717) is 23.9 Å². The molecule has 3 aromatic rings. The molecule has 7 heteroatoms. The zero-order valence-electron chi connectivity index (χ0n) is 18.2. The summed E-state index contributed by atoms with van der Waals surface area (Å²) in [4.78, 5) is 18.2. The standard InChI is InChI=1S/C24H27ClN4O2/c1-14-6-5-7-20(25)22(14)19-9-16(8-15-11-27-21(26)10-18(15)19)28-17-12-29(13-17)23(30)31-24(2,3)4/h5-11,17,28H,12-13H2,1-4H3,(H2,26,27). The van der Waals surface area contributed by atoms with E-state index in [1.54, 1.807) is 11.1 Å². The van der Waals surface area contributed by atoms with Crippen LogP contribution in [0.5, 0.6) is 0 Å². The zero-order valence-corrected chi connectivity index (χ0v) is 19.0. The average molecular weight is 439 g/mol. The Kier molecular flexibility index (Phi) is 5.43. The van der Waals surface area contributed by atoms with Crippen molar-refractivity contribution in [2.24, 2.45) is 0 Å². The van der Waals surface area contributed by atoms with Gasteiger partial charge in [0.05, 0.1) is 6.04 Å². The monoisotopic (exact) mass is 438 g/mol. The number of aromatic nitrogens is 1. The van der Waals surface area contributed by atoms with Gasteiger partial charge in [-0.2, -0.15) is 0 Å². The molecule has 0 saturated carbocycles. The third kappa shape index (κ3) is 4.54. The van der Waals surface area contributed by atoms with Crippen molar-refractivity contribution in [2.45, 2.75) is 39.3 Å². The molecule has 1 saturated heterocycles. The quantitative estimate of drug-likeness (QED) is 0.566. The first kappa shape index (κ1) is 21.2. The molecule has 1 aliphatic rings. The number of carbonyl (C=O) groups excluding carboxylic acids is 1. The number of nitrogen functional groups attached to an aromatic ring is 1. The highest BCUT2D eigenvalue weighted by Crippen LogP contribution is 2.38. The van der Waals surface area contributed by atoms with Gasteiger partial charge in [0.25, 0.3) is 0 Å². The van der Waals surface area contributed by atoms with Crippen LogP contribution in [0.25, 0.3) is 21.9 Å². The topological polar surface area (TPSA) is 80.5 Å². The lowest BCUT2D eigenvalue weighted by molar-refractivity contribution is 0.0105. The van der Waals surface area contributed by atoms with Crippen molar-refractivity contribution in [1.82, 2.24) is 9.88 Å². The Labute approximate surface area is 187 Å². The molecule has 0 aliphatic carbocycles. The van der Waals surface area contributed by atoms with Crippen molar-refractivity contribution in [3.05, 3.63) is 53.2 Å². The van der Waals surface area contributed by atoms with Crippen molar-refractivity contribution in [1.29, 1.82) is 0 Å². The van der Waals surface area contributed by atoms with E-state index in [1.165, 1.54) is 0 Å². The number of aryl methyl sites for hydroxylation is 1. The van der Waals surface area contributed by atoms with Crippen LogP contribution in [0.3, 0.4) is 0 Å². The number of nitrogens with two attached hydrogens (primary N) is 1. The van der Waals surface area contributed by atoms with E-state index >= 15 is 0 Å². The maximum atomic E-state index is 12.2. The number of rotatable bonds is 3. The van der Waals surface area contributed by atoms with E-state index in [2.05, 4.69) is 16.4 Å². The van der Waals surface area contributed by atoms with Crippen LogP contribution < -0.4 is 11.1 Å². The number of hydrogen-bond acceptors (Lipinski definition) is 5. The summed E-state index contributed by atoms with van der Waals surface area (Å²) >= 11 is 6.58. The number of anilines is 2. The molecule has 2 aromatic carbocycles. The number of nitrogens with one attached hydrogen (secondary N) is 1. The summed E-state index contributed by atoms with van der Waals surface area (Å²) in [5.74, 6) is 0.464. The summed E-state index contributed by atoms with van der Waals surface area (Å²) < 4.78 is 5.44. The molecule has 0 unspecified atom stereocenters. The number of pyridine rings is 1. The van der Waals surface area contributed by atoms with Gasteiger partial charge in [-0.05, 0) is 68.5 Å². The molecule has 0 radical (unpaired) electrons. The van der Waals surface area contributed by atoms with E-state index in [9.17, 15) is 4.79 Å². The van der Waals surface area contributed by atoms with E-state index < -0.39 is 5.60 Å². The first-order valence-electron chi connectivity index (χ1n) is 10.3. The second-order valence-electron chi connectivity index (χ2n) is 9.01. The highest BCUT2D eigenvalue weighted by Gasteiger charge is 2.33. The molecule has 1 aromatic heterocycles. The van der Waals surface area contributed by atoms with Crippen LogP contribution in [0.4, 0.5) is 16.3 Å². The van der Waals surface area contributed by atoms with Gasteiger partial charge in [0.1, 0.15) is 11.4 Å². The minimum atomic E-state index is -0.496. The molecule has 6 nitrogen and oxygen atoms in total. The first-order valence-corrected chi connectivity index (χ1v) is 10.7. The lowest BCUT2D eigenvalue weighted by atomic mass is 9.94. The number of nitrogens with zero attached hydrogens (tertiary/aromatic N) is 2. The van der Waals surface area contributed by atoms with E-state index in [-0.39, 0.29) is 12.1 Å². The zero-order chi connectivity index (χ0) is 22.3. The van der Waals surface area contributed by atoms with Crippen molar-refractivity contribution < 1.29 is 9.53 Å². The summed E-state index contributed by atoms with van der Waals surface area (Å²) in [7, 11) is 0. The predicted octanol–water partition coefficient (Wildman–Crippen LogP) is 5.48. The Bertz CT molecular complexity index is 1130. The maximum Gasteiger partial charge on any atom is 0.410 e. The van der Waals surface area contributed by atoms with Crippen molar-refractivity contribution in [2.75, 3.05) is 24.1 Å². The lowest BCUT2D eigenvalue weighted by Crippen LogP contribution is -2.57. The third-order valence-electron chi connectivity index (χ3n) is 5.25. The number of likely N-dealkylation sites (tertiary alicyclic amines) is 1. The molecule has 0 spiro atoms. The molecule has 0 atom stereocenters. The molecule has 1 aliphatic heterocycles. The Morgan fingerprint density at radius 1 is 1.26 bits per heavy atom. The van der Waals surface area contributed by atoms with Gasteiger partial charge in [-0.25, -0.2) is 9.78 Å². The number of halogens is 1. The second-order valence-corrected chi connectivity index (χ2v) is 9.42. The van der Waals surface area contributed by atoms with Crippen LogP contribution in [-0.4, -0.2) is 40.7 Å². The molecule has 1 amide bonds. The highest BCUT2D eigenvalue weighted by atomic mass is 35.5. The fourth-order valence-corrected chi connectivity index (χ4v) is 4.14. The molecule has 3 N–H and O–H groups in total. The number of hydrogen-bond donors (Lipinski definition) is 2. The van der Waals surface area contributed by atoms with Gasteiger partial charge in [-0.15, -0.1) is 0 Å². The molecule has 2 heterocycles. The number of ether oxygens (including phenoxy) is 1. The Morgan fingerprint density at radius 2 is 2.00 bits per heavy atom. The van der Waals surface area contributed by atoms with Gasteiger partial charge in [0.15, 0.2) is 0 Å². The molecular weight excluding hydrogens is 412 g/mol. The SMILES string of the molecule is Cc1cccc(Cl)c1-c1cc(NC2CN(C(=O)OC(C)(C)C)C2)cc2cnc(N)cc12. The Hall–Kier alpha value is -2.99. The van der Waals surface area contributed by atoms with Gasteiger partial charge in [-0.3, -0.25) is 0 Å². The third-order valence-corrected chi connectivity index (χ3v) is 5.57. The number of fused-ring (bicyclic) bond motifs is 1. The van der Waals surface area contributed by atoms with E-state index in [1.807, 2.05) is 58.0 Å². The molecular formula is C24H27ClN4O2. The summed E-state index contributed by atoms with van der Waals surface area (Å²) in [5, 5.41) is 6.19. The van der Waals surface area contributed by atoms with Crippen LogP contribution in [0.2, 0.25) is 5.02 Å². The van der Waals surface area contributed by atoms with Crippen LogP contribution in [0, 0.1) is 6.92 Å². The fourth-order valence-electron chi connectivity index (χ4n) is 3.82. The lowest BCUT2D eigenvalue weighted by Gasteiger charge is -2.40. The van der Waals surface area contributed by atoms with E-state index in [4.69, 9.17) is 22.1 Å². The number of benzene rings is 2. The second kappa shape index (κ2) is 7.93. The Morgan fingerprint density at radius 3 is 2.68 bits per heavy atom. The van der Waals surface area contributed by atoms with Crippen LogP contribution in [0.15, 0.2) is 42.6 Å².